The average molecular weight is 296 g/mol. The number of benzene rings is 1. The fourth-order valence-corrected chi connectivity index (χ4v) is 2.36. The van der Waals surface area contributed by atoms with Crippen LogP contribution in [-0.2, 0) is 0 Å². The summed E-state index contributed by atoms with van der Waals surface area (Å²) in [6.45, 7) is 2.60. The van der Waals surface area contributed by atoms with Crippen molar-refractivity contribution in [3.05, 3.63) is 36.0 Å². The Balaban J connectivity index is 1.57. The highest BCUT2D eigenvalue weighted by molar-refractivity contribution is 5.59. The van der Waals surface area contributed by atoms with Crippen LogP contribution in [0.5, 0.6) is 5.75 Å². The second-order valence-electron chi connectivity index (χ2n) is 5.36. The summed E-state index contributed by atoms with van der Waals surface area (Å²) in [7, 11) is 0. The standard InChI is InChI=1S/C16H16N4O2/c1-2-21-12-7-5-11(6-8-12)15-17-16(22-20-15)14-9-13(18-19-14)10-3-4-10/h5-10H,2-4H2,1H3,(H,18,19). The first-order valence-electron chi connectivity index (χ1n) is 7.46. The number of H-pyrrole nitrogens is 1. The lowest BCUT2D eigenvalue weighted by Crippen LogP contribution is -1.90. The molecule has 0 saturated heterocycles. The van der Waals surface area contributed by atoms with Crippen molar-refractivity contribution in [1.82, 2.24) is 20.3 Å². The summed E-state index contributed by atoms with van der Waals surface area (Å²) >= 11 is 0. The molecule has 0 aliphatic heterocycles. The molecule has 2 heterocycles. The number of hydrogen-bond donors (Lipinski definition) is 1. The van der Waals surface area contributed by atoms with Crippen LogP contribution in [0.2, 0.25) is 0 Å². The Bertz CT molecular complexity index is 772. The topological polar surface area (TPSA) is 76.8 Å². The Labute approximate surface area is 127 Å². The van der Waals surface area contributed by atoms with E-state index < -0.39 is 0 Å². The fraction of sp³-hybridized carbons (Fsp3) is 0.312. The van der Waals surface area contributed by atoms with E-state index in [-0.39, 0.29) is 0 Å². The molecule has 1 aliphatic rings. The Morgan fingerprint density at radius 2 is 2.09 bits per heavy atom. The number of ether oxygens (including phenoxy) is 1. The maximum atomic E-state index is 5.42. The van der Waals surface area contributed by atoms with E-state index >= 15 is 0 Å². The van der Waals surface area contributed by atoms with E-state index in [1.54, 1.807) is 0 Å². The first-order chi connectivity index (χ1) is 10.8. The van der Waals surface area contributed by atoms with Crippen LogP contribution in [0, 0.1) is 0 Å². The summed E-state index contributed by atoms with van der Waals surface area (Å²) in [5, 5.41) is 11.3. The van der Waals surface area contributed by atoms with Gasteiger partial charge < -0.3 is 9.26 Å². The van der Waals surface area contributed by atoms with E-state index in [2.05, 4.69) is 20.3 Å². The highest BCUT2D eigenvalue weighted by Gasteiger charge is 2.26. The van der Waals surface area contributed by atoms with Crippen LogP contribution >= 0.6 is 0 Å². The van der Waals surface area contributed by atoms with Crippen molar-refractivity contribution in [2.75, 3.05) is 6.61 Å². The maximum Gasteiger partial charge on any atom is 0.278 e. The molecule has 0 amide bonds. The minimum atomic E-state index is 0.437. The van der Waals surface area contributed by atoms with E-state index in [9.17, 15) is 0 Å². The van der Waals surface area contributed by atoms with Gasteiger partial charge in [0.1, 0.15) is 5.75 Å². The highest BCUT2D eigenvalue weighted by Crippen LogP contribution is 2.39. The summed E-state index contributed by atoms with van der Waals surface area (Å²) in [4.78, 5) is 4.42. The molecule has 22 heavy (non-hydrogen) atoms. The smallest absolute Gasteiger partial charge is 0.278 e. The summed E-state index contributed by atoms with van der Waals surface area (Å²) in [5.41, 5.74) is 2.74. The highest BCUT2D eigenvalue weighted by atomic mass is 16.5. The molecule has 6 nitrogen and oxygen atoms in total. The molecule has 1 N–H and O–H groups in total. The van der Waals surface area contributed by atoms with Crippen molar-refractivity contribution < 1.29 is 9.26 Å². The molecule has 0 radical (unpaired) electrons. The average Bonchev–Trinajstić information content (AvgIpc) is 3.09. The fourth-order valence-electron chi connectivity index (χ4n) is 2.36. The quantitative estimate of drug-likeness (QED) is 0.780. The van der Waals surface area contributed by atoms with Gasteiger partial charge in [0.05, 0.1) is 6.61 Å². The number of nitrogens with one attached hydrogen (secondary N) is 1. The van der Waals surface area contributed by atoms with Crippen LogP contribution in [0.3, 0.4) is 0 Å². The van der Waals surface area contributed by atoms with E-state index in [1.165, 1.54) is 12.8 Å². The lowest BCUT2D eigenvalue weighted by atomic mass is 10.2. The van der Waals surface area contributed by atoms with Crippen molar-refractivity contribution in [2.45, 2.75) is 25.7 Å². The lowest BCUT2D eigenvalue weighted by Gasteiger charge is -2.02. The van der Waals surface area contributed by atoms with Gasteiger partial charge in [-0.05, 0) is 50.1 Å². The Morgan fingerprint density at radius 1 is 1.27 bits per heavy atom. The van der Waals surface area contributed by atoms with E-state index in [4.69, 9.17) is 9.26 Å². The summed E-state index contributed by atoms with van der Waals surface area (Å²) in [6, 6.07) is 9.62. The van der Waals surface area contributed by atoms with Gasteiger partial charge >= 0.3 is 0 Å². The molecule has 1 saturated carbocycles. The van der Waals surface area contributed by atoms with Crippen LogP contribution in [0.4, 0.5) is 0 Å². The number of aromatic nitrogens is 4. The van der Waals surface area contributed by atoms with Gasteiger partial charge in [0.15, 0.2) is 5.69 Å². The van der Waals surface area contributed by atoms with Crippen LogP contribution in [0.15, 0.2) is 34.9 Å². The zero-order chi connectivity index (χ0) is 14.9. The van der Waals surface area contributed by atoms with E-state index in [0.717, 1.165) is 17.0 Å². The van der Waals surface area contributed by atoms with Gasteiger partial charge in [0, 0.05) is 17.2 Å². The van der Waals surface area contributed by atoms with Crippen LogP contribution < -0.4 is 4.74 Å². The molecule has 0 bridgehead atoms. The molecule has 2 aromatic heterocycles. The number of nitrogens with zero attached hydrogens (tertiary/aromatic N) is 3. The second kappa shape index (κ2) is 5.29. The Kier molecular flexibility index (Phi) is 3.14. The second-order valence-corrected chi connectivity index (χ2v) is 5.36. The minimum absolute atomic E-state index is 0.437. The van der Waals surface area contributed by atoms with Crippen molar-refractivity contribution in [3.63, 3.8) is 0 Å². The minimum Gasteiger partial charge on any atom is -0.494 e. The molecule has 6 heteroatoms. The zero-order valence-electron chi connectivity index (χ0n) is 12.2. The van der Waals surface area contributed by atoms with Crippen molar-refractivity contribution in [1.29, 1.82) is 0 Å². The van der Waals surface area contributed by atoms with Gasteiger partial charge in [0.25, 0.3) is 5.89 Å². The molecule has 1 aliphatic carbocycles. The third kappa shape index (κ3) is 2.47. The maximum absolute atomic E-state index is 5.42. The number of aromatic amines is 1. The monoisotopic (exact) mass is 296 g/mol. The molecular weight excluding hydrogens is 280 g/mol. The Morgan fingerprint density at radius 3 is 2.82 bits per heavy atom. The van der Waals surface area contributed by atoms with Crippen molar-refractivity contribution in [2.24, 2.45) is 0 Å². The zero-order valence-corrected chi connectivity index (χ0v) is 12.2. The third-order valence-electron chi connectivity index (χ3n) is 3.68. The molecule has 0 unspecified atom stereocenters. The van der Waals surface area contributed by atoms with Gasteiger partial charge in [-0.2, -0.15) is 10.1 Å². The Hall–Kier alpha value is -2.63. The molecule has 4 rings (SSSR count). The predicted octanol–water partition coefficient (Wildman–Crippen LogP) is 3.40. The third-order valence-corrected chi connectivity index (χ3v) is 3.68. The molecular formula is C16H16N4O2. The molecule has 0 spiro atoms. The first-order valence-corrected chi connectivity index (χ1v) is 7.46. The summed E-state index contributed by atoms with van der Waals surface area (Å²) < 4.78 is 10.7. The molecule has 112 valence electrons. The first kappa shape index (κ1) is 13.1. The lowest BCUT2D eigenvalue weighted by molar-refractivity contribution is 0.340. The van der Waals surface area contributed by atoms with E-state index in [1.807, 2.05) is 37.3 Å². The van der Waals surface area contributed by atoms with Crippen molar-refractivity contribution in [3.8, 4) is 28.7 Å². The summed E-state index contributed by atoms with van der Waals surface area (Å²) in [5.74, 6) is 2.44. The molecule has 0 atom stereocenters. The normalized spacial score (nSPS) is 14.2. The van der Waals surface area contributed by atoms with Gasteiger partial charge in [-0.25, -0.2) is 0 Å². The van der Waals surface area contributed by atoms with Gasteiger partial charge in [-0.3, -0.25) is 5.10 Å². The van der Waals surface area contributed by atoms with E-state index in [0.29, 0.717) is 29.9 Å². The van der Waals surface area contributed by atoms with Gasteiger partial charge in [-0.1, -0.05) is 5.16 Å². The molecule has 1 aromatic carbocycles. The molecule has 1 fully saturated rings. The van der Waals surface area contributed by atoms with Gasteiger partial charge in [0.2, 0.25) is 5.82 Å². The van der Waals surface area contributed by atoms with Crippen LogP contribution in [0.1, 0.15) is 31.4 Å². The van der Waals surface area contributed by atoms with Crippen molar-refractivity contribution >= 4 is 0 Å². The SMILES string of the molecule is CCOc1ccc(-c2noc(-c3cc(C4CC4)[nH]n3)n2)cc1. The van der Waals surface area contributed by atoms with Gasteiger partial charge in [-0.15, -0.1) is 0 Å². The van der Waals surface area contributed by atoms with Crippen LogP contribution in [-0.4, -0.2) is 26.9 Å². The largest absolute Gasteiger partial charge is 0.494 e. The van der Waals surface area contributed by atoms with Crippen LogP contribution in [0.25, 0.3) is 23.0 Å². The molecule has 3 aromatic rings. The number of hydrogen-bond acceptors (Lipinski definition) is 5. The summed E-state index contributed by atoms with van der Waals surface area (Å²) in [6.07, 6.45) is 2.45. The number of rotatable bonds is 5. The predicted molar refractivity (Wildman–Crippen MR) is 80.5 cm³/mol.